The van der Waals surface area contributed by atoms with Crippen LogP contribution in [-0.2, 0) is 0 Å². The van der Waals surface area contributed by atoms with Gasteiger partial charge in [0.15, 0.2) is 0 Å². The second-order valence-corrected chi connectivity index (χ2v) is 5.27. The Hall–Kier alpha value is -0.540. The summed E-state index contributed by atoms with van der Waals surface area (Å²) < 4.78 is 6.28. The van der Waals surface area contributed by atoms with Crippen molar-refractivity contribution in [3.8, 4) is 5.75 Å². The predicted octanol–water partition coefficient (Wildman–Crippen LogP) is 3.30. The summed E-state index contributed by atoms with van der Waals surface area (Å²) in [5.41, 5.74) is 7.08. The highest BCUT2D eigenvalue weighted by Gasteiger charge is 2.31. The molecule has 0 radical (unpaired) electrons. The van der Waals surface area contributed by atoms with Crippen LogP contribution >= 0.6 is 15.9 Å². The van der Waals surface area contributed by atoms with Gasteiger partial charge in [0.25, 0.3) is 0 Å². The normalized spacial score (nSPS) is 17.2. The maximum Gasteiger partial charge on any atom is 0.133 e. The smallest absolute Gasteiger partial charge is 0.133 e. The van der Waals surface area contributed by atoms with Gasteiger partial charge in [-0.15, -0.1) is 0 Å². The molecule has 1 saturated carbocycles. The van der Waals surface area contributed by atoms with Crippen molar-refractivity contribution in [2.75, 3.05) is 13.7 Å². The van der Waals surface area contributed by atoms with Crippen LogP contribution in [0.25, 0.3) is 0 Å². The van der Waals surface area contributed by atoms with Crippen LogP contribution in [0.3, 0.4) is 0 Å². The van der Waals surface area contributed by atoms with Crippen molar-refractivity contribution in [2.24, 2.45) is 11.7 Å². The lowest BCUT2D eigenvalue weighted by atomic mass is 9.91. The number of benzene rings is 1. The van der Waals surface area contributed by atoms with Crippen LogP contribution in [0, 0.1) is 5.92 Å². The molecule has 0 heterocycles. The zero-order chi connectivity index (χ0) is 11.5. The molecule has 1 fully saturated rings. The van der Waals surface area contributed by atoms with E-state index < -0.39 is 0 Å². The number of ether oxygens (including phenoxy) is 1. The van der Waals surface area contributed by atoms with E-state index in [9.17, 15) is 0 Å². The fraction of sp³-hybridized carbons (Fsp3) is 0.538. The third-order valence-electron chi connectivity index (χ3n) is 3.27. The molecule has 1 unspecified atom stereocenters. The van der Waals surface area contributed by atoms with Gasteiger partial charge >= 0.3 is 0 Å². The number of hydrogen-bond acceptors (Lipinski definition) is 2. The van der Waals surface area contributed by atoms with E-state index in [1.165, 1.54) is 18.4 Å². The van der Waals surface area contributed by atoms with Gasteiger partial charge in [-0.05, 0) is 71.3 Å². The molecule has 1 aromatic carbocycles. The van der Waals surface area contributed by atoms with Gasteiger partial charge in [0.2, 0.25) is 0 Å². The lowest BCUT2D eigenvalue weighted by Gasteiger charge is -2.17. The Bertz CT molecular complexity index is 363. The largest absolute Gasteiger partial charge is 0.496 e. The molecule has 2 rings (SSSR count). The van der Waals surface area contributed by atoms with Gasteiger partial charge in [-0.1, -0.05) is 6.07 Å². The number of rotatable bonds is 5. The van der Waals surface area contributed by atoms with Crippen molar-refractivity contribution in [2.45, 2.75) is 25.2 Å². The van der Waals surface area contributed by atoms with E-state index in [0.29, 0.717) is 5.92 Å². The molecule has 1 aliphatic rings. The van der Waals surface area contributed by atoms with Gasteiger partial charge in [-0.25, -0.2) is 0 Å². The van der Waals surface area contributed by atoms with Gasteiger partial charge in [-0.2, -0.15) is 0 Å². The minimum Gasteiger partial charge on any atom is -0.496 e. The number of halogens is 1. The van der Waals surface area contributed by atoms with Gasteiger partial charge in [0.05, 0.1) is 11.6 Å². The second kappa shape index (κ2) is 5.19. The third-order valence-corrected chi connectivity index (χ3v) is 3.89. The highest BCUT2D eigenvalue weighted by Crippen LogP contribution is 2.45. The molecule has 16 heavy (non-hydrogen) atoms. The molecule has 1 aliphatic carbocycles. The van der Waals surface area contributed by atoms with Gasteiger partial charge < -0.3 is 10.5 Å². The molecular weight excluding hydrogens is 266 g/mol. The summed E-state index contributed by atoms with van der Waals surface area (Å²) in [5, 5.41) is 0. The summed E-state index contributed by atoms with van der Waals surface area (Å²) in [6.07, 6.45) is 3.80. The summed E-state index contributed by atoms with van der Waals surface area (Å²) in [7, 11) is 1.69. The highest BCUT2D eigenvalue weighted by molar-refractivity contribution is 9.10. The first-order chi connectivity index (χ1) is 7.76. The van der Waals surface area contributed by atoms with Gasteiger partial charge in [0.1, 0.15) is 5.75 Å². The first kappa shape index (κ1) is 11.9. The zero-order valence-electron chi connectivity index (χ0n) is 9.58. The molecule has 88 valence electrons. The van der Waals surface area contributed by atoms with Gasteiger partial charge in [-0.3, -0.25) is 0 Å². The molecular formula is C13H18BrNO. The summed E-state index contributed by atoms with van der Waals surface area (Å²) in [6, 6.07) is 6.38. The Labute approximate surface area is 105 Å². The van der Waals surface area contributed by atoms with Crippen LogP contribution in [0.4, 0.5) is 0 Å². The molecule has 2 nitrogen and oxygen atoms in total. The van der Waals surface area contributed by atoms with E-state index in [1.54, 1.807) is 7.11 Å². The standard InChI is InChI=1S/C13H18BrNO/c1-16-13-5-4-10(8-12(13)14)11(6-7-15)9-2-3-9/h4-5,8-9,11H,2-3,6-7,15H2,1H3. The van der Waals surface area contributed by atoms with E-state index in [4.69, 9.17) is 10.5 Å². The topological polar surface area (TPSA) is 35.2 Å². The molecule has 0 aromatic heterocycles. The van der Waals surface area contributed by atoms with Crippen LogP contribution in [0.2, 0.25) is 0 Å². The highest BCUT2D eigenvalue weighted by atomic mass is 79.9. The van der Waals surface area contributed by atoms with Crippen LogP contribution in [0.1, 0.15) is 30.7 Å². The Balaban J connectivity index is 2.20. The van der Waals surface area contributed by atoms with Crippen molar-refractivity contribution in [1.29, 1.82) is 0 Å². The Kier molecular flexibility index (Phi) is 3.87. The van der Waals surface area contributed by atoms with E-state index in [0.717, 1.165) is 29.1 Å². The van der Waals surface area contributed by atoms with E-state index in [-0.39, 0.29) is 0 Å². The average molecular weight is 284 g/mol. The Morgan fingerprint density at radius 2 is 2.25 bits per heavy atom. The molecule has 0 bridgehead atoms. The van der Waals surface area contributed by atoms with Crippen molar-refractivity contribution < 1.29 is 4.74 Å². The molecule has 0 amide bonds. The van der Waals surface area contributed by atoms with Gasteiger partial charge in [0, 0.05) is 0 Å². The quantitative estimate of drug-likeness (QED) is 0.900. The monoisotopic (exact) mass is 283 g/mol. The molecule has 1 aromatic rings. The van der Waals surface area contributed by atoms with Crippen LogP contribution in [0.15, 0.2) is 22.7 Å². The van der Waals surface area contributed by atoms with E-state index in [1.807, 2.05) is 6.07 Å². The first-order valence-electron chi connectivity index (χ1n) is 5.79. The van der Waals surface area contributed by atoms with E-state index in [2.05, 4.69) is 28.1 Å². The first-order valence-corrected chi connectivity index (χ1v) is 6.59. The minimum atomic E-state index is 0.632. The number of hydrogen-bond donors (Lipinski definition) is 1. The molecule has 3 heteroatoms. The van der Waals surface area contributed by atoms with Crippen molar-refractivity contribution in [3.05, 3.63) is 28.2 Å². The fourth-order valence-electron chi connectivity index (χ4n) is 2.27. The second-order valence-electron chi connectivity index (χ2n) is 4.42. The van der Waals surface area contributed by atoms with E-state index >= 15 is 0 Å². The summed E-state index contributed by atoms with van der Waals surface area (Å²) >= 11 is 3.54. The molecule has 1 atom stereocenters. The zero-order valence-corrected chi connectivity index (χ0v) is 11.2. The third kappa shape index (κ3) is 2.58. The summed E-state index contributed by atoms with van der Waals surface area (Å²) in [5.74, 6) is 2.38. The average Bonchev–Trinajstić information content (AvgIpc) is 3.09. The lowest BCUT2D eigenvalue weighted by molar-refractivity contribution is 0.411. The van der Waals surface area contributed by atoms with Crippen LogP contribution in [0.5, 0.6) is 5.75 Å². The summed E-state index contributed by atoms with van der Waals surface area (Å²) in [4.78, 5) is 0. The van der Waals surface area contributed by atoms with Crippen LogP contribution < -0.4 is 10.5 Å². The minimum absolute atomic E-state index is 0.632. The maximum atomic E-state index is 5.69. The molecule has 0 saturated heterocycles. The maximum absolute atomic E-state index is 5.69. The van der Waals surface area contributed by atoms with Crippen LogP contribution in [-0.4, -0.2) is 13.7 Å². The molecule has 0 aliphatic heterocycles. The van der Waals surface area contributed by atoms with Crippen molar-refractivity contribution >= 4 is 15.9 Å². The fourth-order valence-corrected chi connectivity index (χ4v) is 2.82. The van der Waals surface area contributed by atoms with Crippen molar-refractivity contribution in [3.63, 3.8) is 0 Å². The lowest BCUT2D eigenvalue weighted by Crippen LogP contribution is -2.09. The predicted molar refractivity (Wildman–Crippen MR) is 69.8 cm³/mol. The molecule has 2 N–H and O–H groups in total. The SMILES string of the molecule is COc1ccc(C(CCN)C2CC2)cc1Br. The van der Waals surface area contributed by atoms with Crippen molar-refractivity contribution in [1.82, 2.24) is 0 Å². The summed E-state index contributed by atoms with van der Waals surface area (Å²) in [6.45, 7) is 0.769. The Morgan fingerprint density at radius 1 is 1.50 bits per heavy atom. The molecule has 0 spiro atoms. The Morgan fingerprint density at radius 3 is 2.75 bits per heavy atom. The number of methoxy groups -OCH3 is 1. The number of nitrogens with two attached hydrogens (primary N) is 1.